The molecule has 1 unspecified atom stereocenters. The molecule has 5 nitrogen and oxygen atoms in total. The summed E-state index contributed by atoms with van der Waals surface area (Å²) in [6, 6.07) is 4.67. The minimum Gasteiger partial charge on any atom is -0.479 e. The van der Waals surface area contributed by atoms with Gasteiger partial charge in [-0.3, -0.25) is 9.97 Å². The van der Waals surface area contributed by atoms with Crippen molar-refractivity contribution in [1.29, 1.82) is 0 Å². The smallest absolute Gasteiger partial charge is 0.337 e. The second kappa shape index (κ2) is 3.62. The molecule has 0 spiro atoms. The molecule has 1 aromatic carbocycles. The van der Waals surface area contributed by atoms with Crippen LogP contribution in [-0.4, -0.2) is 26.2 Å². The number of aliphatic hydroxyl groups is 1. The number of hydrogen-bond donors (Lipinski definition) is 2. The summed E-state index contributed by atoms with van der Waals surface area (Å²) in [6.45, 7) is 0. The van der Waals surface area contributed by atoms with E-state index in [4.69, 9.17) is 5.11 Å². The van der Waals surface area contributed by atoms with E-state index in [0.29, 0.717) is 16.6 Å². The van der Waals surface area contributed by atoms with Crippen LogP contribution in [0.1, 0.15) is 11.7 Å². The number of aliphatic carboxylic acids is 1. The summed E-state index contributed by atoms with van der Waals surface area (Å²) < 4.78 is 0. The van der Waals surface area contributed by atoms with Gasteiger partial charge in [0.15, 0.2) is 6.10 Å². The van der Waals surface area contributed by atoms with Crippen molar-refractivity contribution in [3.05, 3.63) is 36.2 Å². The largest absolute Gasteiger partial charge is 0.479 e. The lowest BCUT2D eigenvalue weighted by Crippen LogP contribution is -2.10. The van der Waals surface area contributed by atoms with Crippen molar-refractivity contribution in [2.75, 3.05) is 0 Å². The summed E-state index contributed by atoms with van der Waals surface area (Å²) >= 11 is 0. The van der Waals surface area contributed by atoms with E-state index in [1.165, 1.54) is 18.3 Å². The van der Waals surface area contributed by atoms with Crippen molar-refractivity contribution in [3.8, 4) is 0 Å². The highest BCUT2D eigenvalue weighted by Gasteiger charge is 2.16. The Labute approximate surface area is 85.0 Å². The van der Waals surface area contributed by atoms with Crippen LogP contribution < -0.4 is 0 Å². The van der Waals surface area contributed by atoms with Crippen LogP contribution in [0.3, 0.4) is 0 Å². The van der Waals surface area contributed by atoms with E-state index >= 15 is 0 Å². The van der Waals surface area contributed by atoms with E-state index in [1.807, 2.05) is 0 Å². The molecule has 0 fully saturated rings. The molecule has 0 amide bonds. The molecule has 5 heteroatoms. The molecule has 0 aliphatic carbocycles. The predicted molar refractivity (Wildman–Crippen MR) is 52.1 cm³/mol. The zero-order valence-electron chi connectivity index (χ0n) is 7.66. The molecule has 2 aromatic rings. The highest BCUT2D eigenvalue weighted by atomic mass is 16.4. The van der Waals surface area contributed by atoms with E-state index in [-0.39, 0.29) is 0 Å². The second-order valence-electron chi connectivity index (χ2n) is 3.05. The summed E-state index contributed by atoms with van der Waals surface area (Å²) in [5.41, 5.74) is 1.53. The van der Waals surface area contributed by atoms with Gasteiger partial charge in [0.05, 0.1) is 11.0 Å². The first-order valence-electron chi connectivity index (χ1n) is 4.30. The highest BCUT2D eigenvalue weighted by molar-refractivity contribution is 5.79. The van der Waals surface area contributed by atoms with Crippen molar-refractivity contribution < 1.29 is 15.0 Å². The molecule has 0 aliphatic rings. The molecular formula is C10H8N2O3. The SMILES string of the molecule is O=C(O)C(O)c1ccc2nccnc2c1. The Morgan fingerprint density at radius 2 is 1.87 bits per heavy atom. The molecule has 15 heavy (non-hydrogen) atoms. The molecule has 0 saturated heterocycles. The van der Waals surface area contributed by atoms with Gasteiger partial charge in [-0.15, -0.1) is 0 Å². The van der Waals surface area contributed by atoms with E-state index in [2.05, 4.69) is 9.97 Å². The van der Waals surface area contributed by atoms with Crippen molar-refractivity contribution in [2.24, 2.45) is 0 Å². The van der Waals surface area contributed by atoms with Gasteiger partial charge in [-0.05, 0) is 17.7 Å². The van der Waals surface area contributed by atoms with Crippen molar-refractivity contribution in [2.45, 2.75) is 6.10 Å². The molecule has 76 valence electrons. The standard InChI is InChI=1S/C10H8N2O3/c13-9(10(14)15)6-1-2-7-8(5-6)12-4-3-11-7/h1-5,9,13H,(H,14,15). The maximum absolute atomic E-state index is 10.5. The van der Waals surface area contributed by atoms with Gasteiger partial charge >= 0.3 is 5.97 Å². The molecule has 0 saturated carbocycles. The number of benzene rings is 1. The molecule has 1 heterocycles. The first-order chi connectivity index (χ1) is 7.18. The molecule has 1 atom stereocenters. The Morgan fingerprint density at radius 3 is 2.53 bits per heavy atom. The zero-order chi connectivity index (χ0) is 10.8. The van der Waals surface area contributed by atoms with Crippen LogP contribution in [0.15, 0.2) is 30.6 Å². The van der Waals surface area contributed by atoms with Crippen molar-refractivity contribution in [1.82, 2.24) is 9.97 Å². The van der Waals surface area contributed by atoms with E-state index in [1.54, 1.807) is 12.3 Å². The number of fused-ring (bicyclic) bond motifs is 1. The van der Waals surface area contributed by atoms with Crippen LogP contribution in [0.5, 0.6) is 0 Å². The van der Waals surface area contributed by atoms with Crippen molar-refractivity contribution >= 4 is 17.0 Å². The number of carboxylic acids is 1. The summed E-state index contributed by atoms with van der Waals surface area (Å²) in [5, 5.41) is 17.9. The van der Waals surface area contributed by atoms with Gasteiger partial charge in [-0.1, -0.05) is 6.07 Å². The number of aliphatic hydroxyl groups excluding tert-OH is 1. The average Bonchev–Trinajstić information content (AvgIpc) is 2.27. The lowest BCUT2D eigenvalue weighted by Gasteiger charge is -2.05. The van der Waals surface area contributed by atoms with E-state index in [0.717, 1.165) is 0 Å². The summed E-state index contributed by atoms with van der Waals surface area (Å²) in [4.78, 5) is 18.6. The van der Waals surface area contributed by atoms with Gasteiger partial charge < -0.3 is 10.2 Å². The summed E-state index contributed by atoms with van der Waals surface area (Å²) in [7, 11) is 0. The van der Waals surface area contributed by atoms with Crippen LogP contribution in [-0.2, 0) is 4.79 Å². The Morgan fingerprint density at radius 1 is 1.20 bits per heavy atom. The topological polar surface area (TPSA) is 83.3 Å². The Bertz CT molecular complexity index is 513. The number of rotatable bonds is 2. The quantitative estimate of drug-likeness (QED) is 0.754. The fourth-order valence-corrected chi connectivity index (χ4v) is 1.29. The van der Waals surface area contributed by atoms with Crippen LogP contribution in [0.25, 0.3) is 11.0 Å². The highest BCUT2D eigenvalue weighted by Crippen LogP contribution is 2.17. The minimum absolute atomic E-state index is 0.301. The molecule has 2 rings (SSSR count). The van der Waals surface area contributed by atoms with Crippen molar-refractivity contribution in [3.63, 3.8) is 0 Å². The third kappa shape index (κ3) is 1.77. The van der Waals surface area contributed by atoms with Gasteiger partial charge in [0.1, 0.15) is 0 Å². The number of aromatic nitrogens is 2. The third-order valence-electron chi connectivity index (χ3n) is 2.04. The van der Waals surface area contributed by atoms with Gasteiger partial charge in [0, 0.05) is 12.4 Å². The number of carboxylic acid groups (broad SMARTS) is 1. The normalized spacial score (nSPS) is 12.6. The molecule has 0 aliphatic heterocycles. The van der Waals surface area contributed by atoms with Crippen LogP contribution in [0.2, 0.25) is 0 Å². The number of hydrogen-bond acceptors (Lipinski definition) is 4. The van der Waals surface area contributed by atoms with Gasteiger partial charge in [-0.2, -0.15) is 0 Å². The lowest BCUT2D eigenvalue weighted by molar-refractivity contribution is -0.146. The Balaban J connectivity index is 2.51. The van der Waals surface area contributed by atoms with Gasteiger partial charge in [0.2, 0.25) is 0 Å². The number of carbonyl (C=O) groups is 1. The molecule has 0 bridgehead atoms. The number of nitrogens with zero attached hydrogens (tertiary/aromatic N) is 2. The fraction of sp³-hybridized carbons (Fsp3) is 0.100. The zero-order valence-corrected chi connectivity index (χ0v) is 7.66. The van der Waals surface area contributed by atoms with Gasteiger partial charge in [-0.25, -0.2) is 4.79 Å². The van der Waals surface area contributed by atoms with Gasteiger partial charge in [0.25, 0.3) is 0 Å². The Kier molecular flexibility index (Phi) is 2.31. The van der Waals surface area contributed by atoms with Crippen LogP contribution in [0.4, 0.5) is 0 Å². The van der Waals surface area contributed by atoms with Crippen LogP contribution in [0, 0.1) is 0 Å². The minimum atomic E-state index is -1.52. The first-order valence-corrected chi connectivity index (χ1v) is 4.30. The molecular weight excluding hydrogens is 196 g/mol. The fourth-order valence-electron chi connectivity index (χ4n) is 1.29. The summed E-state index contributed by atoms with van der Waals surface area (Å²) in [5.74, 6) is -1.28. The molecule has 2 N–H and O–H groups in total. The predicted octanol–water partition coefficient (Wildman–Crippen LogP) is 0.748. The van der Waals surface area contributed by atoms with E-state index < -0.39 is 12.1 Å². The maximum atomic E-state index is 10.5. The summed E-state index contributed by atoms with van der Waals surface area (Å²) in [6.07, 6.45) is 1.55. The van der Waals surface area contributed by atoms with E-state index in [9.17, 15) is 9.90 Å². The first kappa shape index (κ1) is 9.54. The van der Waals surface area contributed by atoms with Crippen LogP contribution >= 0.6 is 0 Å². The third-order valence-corrected chi connectivity index (χ3v) is 2.04. The molecule has 0 radical (unpaired) electrons. The average molecular weight is 204 g/mol. The Hall–Kier alpha value is -2.01. The second-order valence-corrected chi connectivity index (χ2v) is 3.05. The monoisotopic (exact) mass is 204 g/mol. The lowest BCUT2D eigenvalue weighted by atomic mass is 10.1. The maximum Gasteiger partial charge on any atom is 0.337 e. The molecule has 1 aromatic heterocycles.